The maximum Gasteiger partial charge on any atom is 0.0371 e. The fourth-order valence-corrected chi connectivity index (χ4v) is 2.08. The molecule has 0 aliphatic heterocycles. The topological polar surface area (TPSA) is 38.0 Å². The highest BCUT2D eigenvalue weighted by atomic mass is 14.9. The van der Waals surface area contributed by atoms with E-state index in [1.807, 2.05) is 12.1 Å². The van der Waals surface area contributed by atoms with Crippen LogP contribution in [0.3, 0.4) is 0 Å². The van der Waals surface area contributed by atoms with Crippen molar-refractivity contribution in [2.45, 2.75) is 32.6 Å². The van der Waals surface area contributed by atoms with Crippen molar-refractivity contribution in [3.8, 4) is 0 Å². The summed E-state index contributed by atoms with van der Waals surface area (Å²) in [6.07, 6.45) is 5.61. The number of hydrogen-bond acceptors (Lipinski definition) is 2. The SMILES string of the molecule is Cc1cc(N)ccc1NCCC1CCC1. The smallest absolute Gasteiger partial charge is 0.0371 e. The van der Waals surface area contributed by atoms with Crippen LogP contribution < -0.4 is 11.1 Å². The van der Waals surface area contributed by atoms with Crippen LogP contribution in [0.15, 0.2) is 18.2 Å². The second kappa shape index (κ2) is 4.56. The van der Waals surface area contributed by atoms with E-state index >= 15 is 0 Å². The molecule has 0 atom stereocenters. The van der Waals surface area contributed by atoms with Crippen LogP contribution in [0.4, 0.5) is 11.4 Å². The average Bonchev–Trinajstić information content (AvgIpc) is 2.12. The number of anilines is 2. The molecule has 0 amide bonds. The summed E-state index contributed by atoms with van der Waals surface area (Å²) < 4.78 is 0. The van der Waals surface area contributed by atoms with E-state index in [2.05, 4.69) is 18.3 Å². The predicted octanol–water partition coefficient (Wildman–Crippen LogP) is 3.18. The van der Waals surface area contributed by atoms with E-state index < -0.39 is 0 Å². The lowest BCUT2D eigenvalue weighted by Gasteiger charge is -2.25. The van der Waals surface area contributed by atoms with E-state index in [1.165, 1.54) is 36.9 Å². The van der Waals surface area contributed by atoms with E-state index in [1.54, 1.807) is 0 Å². The number of benzene rings is 1. The molecular formula is C13H20N2. The Labute approximate surface area is 91.9 Å². The summed E-state index contributed by atoms with van der Waals surface area (Å²) in [6.45, 7) is 3.19. The molecule has 1 saturated carbocycles. The van der Waals surface area contributed by atoms with Crippen LogP contribution >= 0.6 is 0 Å². The minimum absolute atomic E-state index is 0.844. The standard InChI is InChI=1S/C13H20N2/c1-10-9-12(14)5-6-13(10)15-8-7-11-3-2-4-11/h5-6,9,11,15H,2-4,7-8,14H2,1H3. The normalized spacial score (nSPS) is 16.1. The lowest BCUT2D eigenvalue weighted by Crippen LogP contribution is -2.15. The highest BCUT2D eigenvalue weighted by molar-refractivity contribution is 5.57. The Morgan fingerprint density at radius 3 is 2.80 bits per heavy atom. The summed E-state index contributed by atoms with van der Waals surface area (Å²) in [5.74, 6) is 0.978. The first-order chi connectivity index (χ1) is 7.25. The zero-order valence-corrected chi connectivity index (χ0v) is 9.42. The summed E-state index contributed by atoms with van der Waals surface area (Å²) in [5.41, 5.74) is 9.02. The number of rotatable bonds is 4. The lowest BCUT2D eigenvalue weighted by atomic mass is 9.83. The first-order valence-electron chi connectivity index (χ1n) is 5.86. The molecule has 15 heavy (non-hydrogen) atoms. The van der Waals surface area contributed by atoms with Crippen molar-refractivity contribution < 1.29 is 0 Å². The van der Waals surface area contributed by atoms with Gasteiger partial charge < -0.3 is 11.1 Å². The summed E-state index contributed by atoms with van der Waals surface area (Å²) in [6, 6.07) is 6.05. The van der Waals surface area contributed by atoms with Gasteiger partial charge in [0.25, 0.3) is 0 Å². The van der Waals surface area contributed by atoms with E-state index in [-0.39, 0.29) is 0 Å². The van der Waals surface area contributed by atoms with Crippen LogP contribution in [-0.2, 0) is 0 Å². The molecule has 1 aromatic rings. The summed E-state index contributed by atoms with van der Waals surface area (Å²) in [5, 5.41) is 3.48. The Kier molecular flexibility index (Phi) is 3.14. The van der Waals surface area contributed by atoms with Gasteiger partial charge in [0.05, 0.1) is 0 Å². The van der Waals surface area contributed by atoms with Gasteiger partial charge in [0.15, 0.2) is 0 Å². The van der Waals surface area contributed by atoms with Gasteiger partial charge in [-0.15, -0.1) is 0 Å². The molecule has 3 N–H and O–H groups in total. The highest BCUT2D eigenvalue weighted by Crippen LogP contribution is 2.29. The second-order valence-corrected chi connectivity index (χ2v) is 4.59. The number of nitrogens with one attached hydrogen (secondary N) is 1. The molecule has 0 spiro atoms. The van der Waals surface area contributed by atoms with Crippen LogP contribution in [0, 0.1) is 12.8 Å². The Morgan fingerprint density at radius 2 is 2.20 bits per heavy atom. The van der Waals surface area contributed by atoms with Gasteiger partial charge in [-0.05, 0) is 43.0 Å². The van der Waals surface area contributed by atoms with Crippen molar-refractivity contribution in [1.82, 2.24) is 0 Å². The van der Waals surface area contributed by atoms with Crippen LogP contribution in [0.2, 0.25) is 0 Å². The summed E-state index contributed by atoms with van der Waals surface area (Å²) in [4.78, 5) is 0. The van der Waals surface area contributed by atoms with Crippen molar-refractivity contribution in [1.29, 1.82) is 0 Å². The largest absolute Gasteiger partial charge is 0.399 e. The molecule has 0 bridgehead atoms. The fourth-order valence-electron chi connectivity index (χ4n) is 2.08. The van der Waals surface area contributed by atoms with Crippen LogP contribution in [0.1, 0.15) is 31.2 Å². The molecule has 1 fully saturated rings. The molecule has 1 aromatic carbocycles. The first-order valence-corrected chi connectivity index (χ1v) is 5.86. The van der Waals surface area contributed by atoms with Gasteiger partial charge in [-0.25, -0.2) is 0 Å². The van der Waals surface area contributed by atoms with Gasteiger partial charge in [-0.3, -0.25) is 0 Å². The molecular weight excluding hydrogens is 184 g/mol. The Hall–Kier alpha value is -1.18. The third-order valence-corrected chi connectivity index (χ3v) is 3.34. The van der Waals surface area contributed by atoms with Crippen LogP contribution in [0.25, 0.3) is 0 Å². The minimum Gasteiger partial charge on any atom is -0.399 e. The molecule has 0 saturated heterocycles. The van der Waals surface area contributed by atoms with E-state index in [4.69, 9.17) is 5.73 Å². The van der Waals surface area contributed by atoms with Gasteiger partial charge in [0.2, 0.25) is 0 Å². The number of nitrogen functional groups attached to an aromatic ring is 1. The number of aryl methyl sites for hydroxylation is 1. The molecule has 2 heteroatoms. The molecule has 2 nitrogen and oxygen atoms in total. The maximum atomic E-state index is 5.71. The van der Waals surface area contributed by atoms with Crippen LogP contribution in [0.5, 0.6) is 0 Å². The number of nitrogens with two attached hydrogens (primary N) is 1. The van der Waals surface area contributed by atoms with E-state index in [9.17, 15) is 0 Å². The fraction of sp³-hybridized carbons (Fsp3) is 0.538. The molecule has 1 aliphatic carbocycles. The molecule has 2 rings (SSSR count). The molecule has 0 aromatic heterocycles. The van der Waals surface area contributed by atoms with E-state index in [0.29, 0.717) is 0 Å². The van der Waals surface area contributed by atoms with Crippen molar-refractivity contribution in [3.05, 3.63) is 23.8 Å². The summed E-state index contributed by atoms with van der Waals surface area (Å²) >= 11 is 0. The predicted molar refractivity (Wildman–Crippen MR) is 66.0 cm³/mol. The lowest BCUT2D eigenvalue weighted by molar-refractivity contribution is 0.303. The molecule has 0 radical (unpaired) electrons. The quantitative estimate of drug-likeness (QED) is 0.739. The molecule has 82 valence electrons. The number of hydrogen-bond donors (Lipinski definition) is 2. The Bertz CT molecular complexity index is 329. The highest BCUT2D eigenvalue weighted by Gasteiger charge is 2.16. The van der Waals surface area contributed by atoms with E-state index in [0.717, 1.165) is 18.2 Å². The first kappa shape index (κ1) is 10.3. The zero-order valence-electron chi connectivity index (χ0n) is 9.42. The van der Waals surface area contributed by atoms with Crippen molar-refractivity contribution in [2.75, 3.05) is 17.6 Å². The molecule has 0 heterocycles. The maximum absolute atomic E-state index is 5.71. The van der Waals surface area contributed by atoms with Crippen LogP contribution in [-0.4, -0.2) is 6.54 Å². The van der Waals surface area contributed by atoms with Gasteiger partial charge in [0.1, 0.15) is 0 Å². The second-order valence-electron chi connectivity index (χ2n) is 4.59. The molecule has 1 aliphatic rings. The Morgan fingerprint density at radius 1 is 1.40 bits per heavy atom. The van der Waals surface area contributed by atoms with Crippen molar-refractivity contribution >= 4 is 11.4 Å². The summed E-state index contributed by atoms with van der Waals surface area (Å²) in [7, 11) is 0. The van der Waals surface area contributed by atoms with Gasteiger partial charge in [0, 0.05) is 17.9 Å². The van der Waals surface area contributed by atoms with Crippen molar-refractivity contribution in [3.63, 3.8) is 0 Å². The van der Waals surface area contributed by atoms with Gasteiger partial charge in [-0.1, -0.05) is 19.3 Å². The monoisotopic (exact) mass is 204 g/mol. The van der Waals surface area contributed by atoms with Gasteiger partial charge >= 0.3 is 0 Å². The average molecular weight is 204 g/mol. The molecule has 0 unspecified atom stereocenters. The third-order valence-electron chi connectivity index (χ3n) is 3.34. The third kappa shape index (κ3) is 2.65. The zero-order chi connectivity index (χ0) is 10.7. The van der Waals surface area contributed by atoms with Gasteiger partial charge in [-0.2, -0.15) is 0 Å². The van der Waals surface area contributed by atoms with Crippen molar-refractivity contribution in [2.24, 2.45) is 5.92 Å². The Balaban J connectivity index is 1.81. The minimum atomic E-state index is 0.844.